The van der Waals surface area contributed by atoms with E-state index in [1.807, 2.05) is 55.5 Å². The van der Waals surface area contributed by atoms with E-state index >= 15 is 0 Å². The number of hydrogen-bond acceptors (Lipinski definition) is 3. The molecule has 0 fully saturated rings. The predicted molar refractivity (Wildman–Crippen MR) is 92.1 cm³/mol. The van der Waals surface area contributed by atoms with Gasteiger partial charge in [-0.1, -0.05) is 48.5 Å². The molecule has 0 saturated heterocycles. The van der Waals surface area contributed by atoms with Crippen molar-refractivity contribution in [1.82, 2.24) is 5.32 Å². The Labute approximate surface area is 136 Å². The fourth-order valence-electron chi connectivity index (χ4n) is 2.12. The summed E-state index contributed by atoms with van der Waals surface area (Å²) in [6.45, 7) is 2.37. The Kier molecular flexibility index (Phi) is 6.10. The second-order valence-electron chi connectivity index (χ2n) is 4.83. The fourth-order valence-corrected chi connectivity index (χ4v) is 2.38. The van der Waals surface area contributed by atoms with Crippen molar-refractivity contribution in [2.45, 2.75) is 19.4 Å². The molecule has 0 bridgehead atoms. The molecule has 1 unspecified atom stereocenters. The monoisotopic (exact) mass is 313 g/mol. The number of hydrogen-bond donors (Lipinski definition) is 1. The summed E-state index contributed by atoms with van der Waals surface area (Å²) in [5.74, 6) is -0.149. The van der Waals surface area contributed by atoms with Gasteiger partial charge in [0.15, 0.2) is 5.05 Å². The van der Waals surface area contributed by atoms with E-state index in [1.165, 1.54) is 0 Å². The summed E-state index contributed by atoms with van der Waals surface area (Å²) in [5.41, 5.74) is 1.71. The lowest BCUT2D eigenvalue weighted by Crippen LogP contribution is -2.42. The van der Waals surface area contributed by atoms with Gasteiger partial charge < -0.3 is 10.1 Å². The number of ether oxygens (including phenoxy) is 1. The molecule has 0 aliphatic rings. The zero-order valence-corrected chi connectivity index (χ0v) is 13.3. The molecule has 2 aromatic rings. The van der Waals surface area contributed by atoms with E-state index in [0.29, 0.717) is 23.6 Å². The molecule has 0 radical (unpaired) electrons. The van der Waals surface area contributed by atoms with Crippen LogP contribution in [-0.4, -0.2) is 23.6 Å². The Morgan fingerprint density at radius 3 is 2.27 bits per heavy atom. The molecule has 0 aromatic heterocycles. The van der Waals surface area contributed by atoms with Crippen LogP contribution >= 0.6 is 12.2 Å². The Hall–Kier alpha value is -2.20. The zero-order valence-electron chi connectivity index (χ0n) is 12.5. The molecule has 0 spiro atoms. The molecule has 3 nitrogen and oxygen atoms in total. The number of benzene rings is 2. The molecule has 0 saturated carbocycles. The maximum Gasteiger partial charge on any atom is 0.251 e. The van der Waals surface area contributed by atoms with Crippen molar-refractivity contribution in [3.8, 4) is 0 Å². The second kappa shape index (κ2) is 8.29. The molecule has 0 aliphatic heterocycles. The summed E-state index contributed by atoms with van der Waals surface area (Å²) in [5, 5.41) is 3.37. The van der Waals surface area contributed by atoms with Crippen LogP contribution in [0.25, 0.3) is 0 Å². The Balaban J connectivity index is 2.11. The van der Waals surface area contributed by atoms with Gasteiger partial charge in [0.1, 0.15) is 6.04 Å². The lowest BCUT2D eigenvalue weighted by molar-refractivity contribution is 0.0943. The Bertz CT molecular complexity index is 613. The molecule has 22 heavy (non-hydrogen) atoms. The smallest absolute Gasteiger partial charge is 0.251 e. The first-order valence-corrected chi connectivity index (χ1v) is 7.68. The minimum absolute atomic E-state index is 0.149. The minimum Gasteiger partial charge on any atom is -0.485 e. The van der Waals surface area contributed by atoms with Crippen molar-refractivity contribution >= 4 is 23.2 Å². The molecule has 114 valence electrons. The van der Waals surface area contributed by atoms with Gasteiger partial charge in [-0.05, 0) is 36.8 Å². The van der Waals surface area contributed by atoms with E-state index in [2.05, 4.69) is 5.32 Å². The van der Waals surface area contributed by atoms with E-state index in [1.54, 1.807) is 12.1 Å². The van der Waals surface area contributed by atoms with Crippen LogP contribution in [0.1, 0.15) is 22.8 Å². The maximum absolute atomic E-state index is 12.3. The molecule has 0 aliphatic carbocycles. The normalized spacial score (nSPS) is 11.5. The Morgan fingerprint density at radius 1 is 1.09 bits per heavy atom. The van der Waals surface area contributed by atoms with Crippen LogP contribution in [0.3, 0.4) is 0 Å². The maximum atomic E-state index is 12.3. The third-order valence-corrected chi connectivity index (χ3v) is 3.60. The predicted octanol–water partition coefficient (Wildman–Crippen LogP) is 3.39. The van der Waals surface area contributed by atoms with Gasteiger partial charge in [-0.15, -0.1) is 0 Å². The first kappa shape index (κ1) is 16.2. The van der Waals surface area contributed by atoms with Crippen molar-refractivity contribution in [3.05, 3.63) is 71.8 Å². The van der Waals surface area contributed by atoms with Crippen LogP contribution in [0.15, 0.2) is 60.7 Å². The average molecular weight is 313 g/mol. The first-order valence-electron chi connectivity index (χ1n) is 7.27. The number of carbonyl (C=O) groups excluding carboxylic acids is 1. The molecule has 2 aromatic carbocycles. The minimum atomic E-state index is -0.329. The third kappa shape index (κ3) is 4.67. The molecular weight excluding hydrogens is 294 g/mol. The SMILES string of the molecule is CCOC(=S)C(Cc1ccccc1)NC(=O)c1ccccc1. The fraction of sp³-hybridized carbons (Fsp3) is 0.222. The topological polar surface area (TPSA) is 38.3 Å². The van der Waals surface area contributed by atoms with E-state index in [9.17, 15) is 4.79 Å². The van der Waals surface area contributed by atoms with Gasteiger partial charge in [0.25, 0.3) is 5.91 Å². The van der Waals surface area contributed by atoms with Crippen LogP contribution < -0.4 is 5.32 Å². The standard InChI is InChI=1S/C18H19NO2S/c1-2-21-18(22)16(13-14-9-5-3-6-10-14)19-17(20)15-11-7-4-8-12-15/h3-12,16H,2,13H2,1H3,(H,19,20). The summed E-state index contributed by atoms with van der Waals surface area (Å²) >= 11 is 5.31. The molecule has 1 atom stereocenters. The molecule has 0 heterocycles. The summed E-state index contributed by atoms with van der Waals surface area (Å²) in [7, 11) is 0. The number of amides is 1. The number of nitrogens with one attached hydrogen (secondary N) is 1. The summed E-state index contributed by atoms with van der Waals surface area (Å²) in [4.78, 5) is 12.3. The van der Waals surface area contributed by atoms with E-state index in [-0.39, 0.29) is 11.9 Å². The van der Waals surface area contributed by atoms with Crippen LogP contribution in [0, 0.1) is 0 Å². The lowest BCUT2D eigenvalue weighted by atomic mass is 10.1. The second-order valence-corrected chi connectivity index (χ2v) is 5.24. The van der Waals surface area contributed by atoms with Crippen LogP contribution in [0.4, 0.5) is 0 Å². The highest BCUT2D eigenvalue weighted by atomic mass is 32.1. The van der Waals surface area contributed by atoms with Gasteiger partial charge in [-0.2, -0.15) is 0 Å². The number of carbonyl (C=O) groups is 1. The van der Waals surface area contributed by atoms with Gasteiger partial charge in [0, 0.05) is 12.0 Å². The van der Waals surface area contributed by atoms with Crippen LogP contribution in [0.2, 0.25) is 0 Å². The summed E-state index contributed by atoms with van der Waals surface area (Å²) in [6, 6.07) is 18.7. The van der Waals surface area contributed by atoms with Crippen molar-refractivity contribution in [1.29, 1.82) is 0 Å². The van der Waals surface area contributed by atoms with Gasteiger partial charge >= 0.3 is 0 Å². The van der Waals surface area contributed by atoms with Gasteiger partial charge in [0.05, 0.1) is 6.61 Å². The molecule has 4 heteroatoms. The quantitative estimate of drug-likeness (QED) is 0.831. The highest BCUT2D eigenvalue weighted by molar-refractivity contribution is 7.80. The molecular formula is C18H19NO2S. The van der Waals surface area contributed by atoms with E-state index < -0.39 is 0 Å². The van der Waals surface area contributed by atoms with E-state index in [4.69, 9.17) is 17.0 Å². The van der Waals surface area contributed by atoms with Crippen molar-refractivity contribution in [2.75, 3.05) is 6.61 Å². The molecule has 2 rings (SSSR count). The van der Waals surface area contributed by atoms with Crippen LogP contribution in [-0.2, 0) is 11.2 Å². The first-order chi connectivity index (χ1) is 10.7. The van der Waals surface area contributed by atoms with Gasteiger partial charge in [0.2, 0.25) is 0 Å². The average Bonchev–Trinajstić information content (AvgIpc) is 2.56. The highest BCUT2D eigenvalue weighted by Crippen LogP contribution is 2.07. The largest absolute Gasteiger partial charge is 0.485 e. The van der Waals surface area contributed by atoms with Crippen molar-refractivity contribution in [3.63, 3.8) is 0 Å². The number of thiocarbonyl (C=S) groups is 1. The summed E-state index contributed by atoms with van der Waals surface area (Å²) < 4.78 is 5.43. The van der Waals surface area contributed by atoms with Crippen LogP contribution in [0.5, 0.6) is 0 Å². The lowest BCUT2D eigenvalue weighted by Gasteiger charge is -2.20. The van der Waals surface area contributed by atoms with E-state index in [0.717, 1.165) is 5.56 Å². The summed E-state index contributed by atoms with van der Waals surface area (Å²) in [6.07, 6.45) is 0.609. The number of rotatable bonds is 6. The van der Waals surface area contributed by atoms with Gasteiger partial charge in [-0.25, -0.2) is 0 Å². The Morgan fingerprint density at radius 2 is 1.68 bits per heavy atom. The third-order valence-electron chi connectivity index (χ3n) is 3.20. The zero-order chi connectivity index (χ0) is 15.8. The molecule has 1 amide bonds. The molecule has 1 N–H and O–H groups in total. The van der Waals surface area contributed by atoms with Gasteiger partial charge in [-0.3, -0.25) is 4.79 Å². The highest BCUT2D eigenvalue weighted by Gasteiger charge is 2.19. The van der Waals surface area contributed by atoms with Crippen molar-refractivity contribution < 1.29 is 9.53 Å². The van der Waals surface area contributed by atoms with Crippen molar-refractivity contribution in [2.24, 2.45) is 0 Å².